The third-order valence-electron chi connectivity index (χ3n) is 3.87. The first-order chi connectivity index (χ1) is 11.0. The zero-order chi connectivity index (χ0) is 16.1. The number of aliphatic hydroxyl groups is 1. The van der Waals surface area contributed by atoms with Crippen LogP contribution in [-0.2, 0) is 6.42 Å². The average Bonchev–Trinajstić information content (AvgIpc) is 2.86. The Kier molecular flexibility index (Phi) is 2.85. The summed E-state index contributed by atoms with van der Waals surface area (Å²) in [5.41, 5.74) is 1.58. The number of hydrogen-bond acceptors (Lipinski definition) is 7. The van der Waals surface area contributed by atoms with Crippen LogP contribution in [0.4, 0.5) is 0 Å². The molecule has 0 radical (unpaired) electrons. The number of rotatable bonds is 1. The molecule has 2 atom stereocenters. The number of phenolic OH excluding ortho intramolecular Hbond substituents is 2. The van der Waals surface area contributed by atoms with Crippen molar-refractivity contribution < 1.29 is 28.9 Å². The minimum atomic E-state index is -0.908. The van der Waals surface area contributed by atoms with Gasteiger partial charge in [-0.05, 0) is 17.7 Å². The predicted octanol–water partition coefficient (Wildman–Crippen LogP) is 1.83. The van der Waals surface area contributed by atoms with Crippen LogP contribution in [-0.4, -0.2) is 21.4 Å². The Balaban J connectivity index is 1.77. The lowest BCUT2D eigenvalue weighted by molar-refractivity contribution is 0.0198. The van der Waals surface area contributed by atoms with Gasteiger partial charge in [0, 0.05) is 24.1 Å². The molecule has 2 aromatic carbocycles. The van der Waals surface area contributed by atoms with Gasteiger partial charge in [-0.25, -0.2) is 4.79 Å². The van der Waals surface area contributed by atoms with Gasteiger partial charge in [-0.2, -0.15) is 0 Å². The van der Waals surface area contributed by atoms with Gasteiger partial charge >= 0.3 is 5.82 Å². The first kappa shape index (κ1) is 13.7. The van der Waals surface area contributed by atoms with Crippen LogP contribution < -0.4 is 10.6 Å². The third-order valence-corrected chi connectivity index (χ3v) is 3.87. The van der Waals surface area contributed by atoms with Crippen molar-refractivity contribution in [1.29, 1.82) is 0 Å². The van der Waals surface area contributed by atoms with E-state index >= 15 is 0 Å². The maximum Gasteiger partial charge on any atom is 0.519 e. The highest BCUT2D eigenvalue weighted by Crippen LogP contribution is 2.42. The minimum Gasteiger partial charge on any atom is -0.508 e. The van der Waals surface area contributed by atoms with Crippen molar-refractivity contribution in [2.75, 3.05) is 0 Å². The first-order valence-corrected chi connectivity index (χ1v) is 6.94. The fraction of sp³-hybridized carbons (Fsp3) is 0.188. The van der Waals surface area contributed by atoms with E-state index in [1.54, 1.807) is 18.2 Å². The maximum absolute atomic E-state index is 11.1. The second-order valence-corrected chi connectivity index (χ2v) is 5.41. The lowest BCUT2D eigenvalue weighted by atomic mass is 9.94. The molecule has 0 fully saturated rings. The Labute approximate surface area is 129 Å². The van der Waals surface area contributed by atoms with Gasteiger partial charge in [-0.1, -0.05) is 6.07 Å². The molecule has 7 heteroatoms. The molecule has 3 aromatic rings. The number of ether oxygens (including phenoxy) is 1. The van der Waals surface area contributed by atoms with E-state index in [1.807, 2.05) is 0 Å². The van der Waals surface area contributed by atoms with Crippen LogP contribution in [0.1, 0.15) is 17.2 Å². The zero-order valence-corrected chi connectivity index (χ0v) is 11.7. The Hall–Kier alpha value is -2.93. The Morgan fingerprint density at radius 1 is 1.04 bits per heavy atom. The van der Waals surface area contributed by atoms with Crippen LogP contribution in [0.5, 0.6) is 17.2 Å². The first-order valence-electron chi connectivity index (χ1n) is 6.94. The lowest BCUT2D eigenvalue weighted by Gasteiger charge is -2.31. The highest BCUT2D eigenvalue weighted by molar-refractivity contribution is 5.70. The van der Waals surface area contributed by atoms with Gasteiger partial charge in [0.25, 0.3) is 0 Å². The fourth-order valence-electron chi connectivity index (χ4n) is 2.81. The van der Waals surface area contributed by atoms with Crippen molar-refractivity contribution in [3.63, 3.8) is 0 Å². The third kappa shape index (κ3) is 2.22. The van der Waals surface area contributed by atoms with Crippen LogP contribution in [0.3, 0.4) is 0 Å². The monoisotopic (exact) mass is 316 g/mol. The molecule has 0 saturated heterocycles. The van der Waals surface area contributed by atoms with E-state index in [1.165, 1.54) is 12.1 Å². The van der Waals surface area contributed by atoms with Crippen molar-refractivity contribution in [3.05, 3.63) is 52.1 Å². The van der Waals surface area contributed by atoms with E-state index < -0.39 is 18.0 Å². The summed E-state index contributed by atoms with van der Waals surface area (Å²) in [6, 6.07) is 7.34. The smallest absolute Gasteiger partial charge is 0.508 e. The molecule has 1 aliphatic heterocycles. The molecule has 1 aliphatic rings. The van der Waals surface area contributed by atoms with Crippen molar-refractivity contribution in [2.24, 2.45) is 0 Å². The van der Waals surface area contributed by atoms with Gasteiger partial charge in [0.15, 0.2) is 11.2 Å². The lowest BCUT2D eigenvalue weighted by Crippen LogP contribution is -2.30. The van der Waals surface area contributed by atoms with Crippen molar-refractivity contribution in [3.8, 4) is 17.2 Å². The number of fused-ring (bicyclic) bond motifs is 2. The van der Waals surface area contributed by atoms with E-state index in [4.69, 9.17) is 13.6 Å². The molecule has 23 heavy (non-hydrogen) atoms. The van der Waals surface area contributed by atoms with Gasteiger partial charge < -0.3 is 28.9 Å². The summed E-state index contributed by atoms with van der Waals surface area (Å²) >= 11 is 0. The van der Waals surface area contributed by atoms with Crippen LogP contribution in [0.15, 0.2) is 44.0 Å². The Morgan fingerprint density at radius 2 is 1.83 bits per heavy atom. The SMILES string of the molecule is O=c1oc2ccc([C@H]3Oc4cc(O)cc(O)c4C[C@H]3O)cc2o1. The summed E-state index contributed by atoms with van der Waals surface area (Å²) in [7, 11) is 0. The molecule has 0 amide bonds. The predicted molar refractivity (Wildman–Crippen MR) is 77.6 cm³/mol. The number of hydrogen-bond donors (Lipinski definition) is 3. The van der Waals surface area contributed by atoms with Gasteiger partial charge in [0.05, 0.1) is 6.10 Å². The van der Waals surface area contributed by atoms with Gasteiger partial charge in [-0.3, -0.25) is 0 Å². The number of benzene rings is 2. The fourth-order valence-corrected chi connectivity index (χ4v) is 2.81. The molecule has 2 heterocycles. The summed E-state index contributed by atoms with van der Waals surface area (Å²) in [5.74, 6) is -0.768. The van der Waals surface area contributed by atoms with E-state index in [-0.39, 0.29) is 23.5 Å². The number of phenols is 2. The molecule has 3 N–H and O–H groups in total. The summed E-state index contributed by atoms with van der Waals surface area (Å²) in [6.45, 7) is 0. The standard InChI is InChI=1S/C16H12O7/c17-8-4-10(18)9-6-11(19)15(21-13(9)5-8)7-1-2-12-14(3-7)23-16(20)22-12/h1-5,11,15,17-19H,6H2/t11-,15-/m1/s1. The van der Waals surface area contributed by atoms with Crippen molar-refractivity contribution >= 4 is 11.2 Å². The molecule has 0 aliphatic carbocycles. The van der Waals surface area contributed by atoms with Gasteiger partial charge in [0.1, 0.15) is 23.4 Å². The number of aliphatic hydroxyl groups excluding tert-OH is 1. The van der Waals surface area contributed by atoms with E-state index in [0.717, 1.165) is 0 Å². The average molecular weight is 316 g/mol. The van der Waals surface area contributed by atoms with E-state index in [2.05, 4.69) is 0 Å². The molecule has 0 saturated carbocycles. The van der Waals surface area contributed by atoms with Gasteiger partial charge in [0.2, 0.25) is 0 Å². The topological polar surface area (TPSA) is 113 Å². The van der Waals surface area contributed by atoms with Crippen LogP contribution in [0.25, 0.3) is 11.2 Å². The second-order valence-electron chi connectivity index (χ2n) is 5.41. The largest absolute Gasteiger partial charge is 0.519 e. The molecule has 7 nitrogen and oxygen atoms in total. The van der Waals surface area contributed by atoms with Gasteiger partial charge in [-0.15, -0.1) is 0 Å². The quantitative estimate of drug-likeness (QED) is 0.627. The summed E-state index contributed by atoms with van der Waals surface area (Å²) in [4.78, 5) is 11.1. The summed E-state index contributed by atoms with van der Waals surface area (Å²) in [6.07, 6.45) is -1.47. The molecule has 0 unspecified atom stereocenters. The highest BCUT2D eigenvalue weighted by Gasteiger charge is 2.32. The Morgan fingerprint density at radius 3 is 2.65 bits per heavy atom. The van der Waals surface area contributed by atoms with Crippen LogP contribution in [0, 0.1) is 0 Å². The minimum absolute atomic E-state index is 0.131. The summed E-state index contributed by atoms with van der Waals surface area (Å²) in [5, 5.41) is 29.7. The molecule has 118 valence electrons. The molecule has 4 rings (SSSR count). The van der Waals surface area contributed by atoms with E-state index in [0.29, 0.717) is 22.5 Å². The second kappa shape index (κ2) is 4.79. The highest BCUT2D eigenvalue weighted by atomic mass is 16.6. The molecular weight excluding hydrogens is 304 g/mol. The molecule has 1 aromatic heterocycles. The normalized spacial score (nSPS) is 20.2. The Bertz CT molecular complexity index is 953. The molecule has 0 bridgehead atoms. The maximum atomic E-state index is 11.1. The molecular formula is C16H12O7. The number of aromatic hydroxyl groups is 2. The van der Waals surface area contributed by atoms with Crippen LogP contribution >= 0.6 is 0 Å². The molecule has 0 spiro atoms. The zero-order valence-electron chi connectivity index (χ0n) is 11.7. The van der Waals surface area contributed by atoms with E-state index in [9.17, 15) is 20.1 Å². The van der Waals surface area contributed by atoms with Crippen LogP contribution in [0.2, 0.25) is 0 Å². The van der Waals surface area contributed by atoms with Crippen molar-refractivity contribution in [2.45, 2.75) is 18.6 Å². The summed E-state index contributed by atoms with van der Waals surface area (Å²) < 4.78 is 15.5. The van der Waals surface area contributed by atoms with Crippen molar-refractivity contribution in [1.82, 2.24) is 0 Å².